The number of amides is 1. The first-order valence-electron chi connectivity index (χ1n) is 8.62. The zero-order valence-electron chi connectivity index (χ0n) is 15.0. The molecule has 2 heterocycles. The number of hydrogen-bond acceptors (Lipinski definition) is 6. The van der Waals surface area contributed by atoms with Crippen molar-refractivity contribution in [2.45, 2.75) is 13.1 Å². The molecular weight excluding hydrogens is 373 g/mol. The highest BCUT2D eigenvalue weighted by atomic mass is 19.4. The van der Waals surface area contributed by atoms with Crippen molar-refractivity contribution in [3.8, 4) is 0 Å². The third-order valence-corrected chi connectivity index (χ3v) is 3.84. The second kappa shape index (κ2) is 8.26. The number of amidine groups is 1. The Kier molecular flexibility index (Phi) is 5.78. The number of alkyl halides is 3. The van der Waals surface area contributed by atoms with E-state index in [0.29, 0.717) is 36.2 Å². The van der Waals surface area contributed by atoms with E-state index in [2.05, 4.69) is 31.2 Å². The van der Waals surface area contributed by atoms with E-state index < -0.39 is 11.7 Å². The number of carbonyl (C=O) groups excluding carboxylic acids is 1. The Morgan fingerprint density at radius 1 is 1.25 bits per heavy atom. The molecule has 0 saturated carbocycles. The van der Waals surface area contributed by atoms with Crippen molar-refractivity contribution in [2.75, 3.05) is 35.6 Å². The van der Waals surface area contributed by atoms with Crippen LogP contribution in [0.15, 0.2) is 41.4 Å². The van der Waals surface area contributed by atoms with Gasteiger partial charge in [-0.25, -0.2) is 9.98 Å². The van der Waals surface area contributed by atoms with E-state index >= 15 is 0 Å². The van der Waals surface area contributed by atoms with Gasteiger partial charge in [0, 0.05) is 5.69 Å². The topological polar surface area (TPSA) is 90.4 Å². The maximum absolute atomic E-state index is 12.9. The van der Waals surface area contributed by atoms with Gasteiger partial charge in [-0.2, -0.15) is 13.2 Å². The molecule has 3 rings (SSSR count). The number of rotatable bonds is 5. The predicted octanol–water partition coefficient (Wildman–Crippen LogP) is 3.22. The van der Waals surface area contributed by atoms with Gasteiger partial charge >= 0.3 is 6.18 Å². The predicted molar refractivity (Wildman–Crippen MR) is 102 cm³/mol. The van der Waals surface area contributed by atoms with Crippen molar-refractivity contribution in [3.05, 3.63) is 42.0 Å². The molecule has 0 unspecified atom stereocenters. The Labute approximate surface area is 159 Å². The van der Waals surface area contributed by atoms with Crippen molar-refractivity contribution in [1.82, 2.24) is 10.3 Å². The van der Waals surface area contributed by atoms with Crippen LogP contribution in [-0.4, -0.2) is 36.4 Å². The Bertz CT molecular complexity index is 897. The third kappa shape index (κ3) is 4.97. The fraction of sp³-hybridized carbons (Fsp3) is 0.278. The molecule has 0 radical (unpaired) electrons. The molecule has 0 aliphatic carbocycles. The number of anilines is 3. The standard InChI is InChI=1S/C18H19F3N6O/c1-2-22-10-16(28)25-14-7-6-13-17(26-14)27-15(9-23-13)24-12-5-3-4-11(8-12)18(19,20)21/h3-8,22-23H,2,9-10H2,1H3,(H2,24,25,26,27,28). The lowest BCUT2D eigenvalue weighted by Gasteiger charge is -2.19. The van der Waals surface area contributed by atoms with Crippen molar-refractivity contribution < 1.29 is 18.0 Å². The van der Waals surface area contributed by atoms with Gasteiger partial charge in [-0.3, -0.25) is 4.79 Å². The largest absolute Gasteiger partial charge is 0.416 e. The monoisotopic (exact) mass is 392 g/mol. The van der Waals surface area contributed by atoms with Crippen LogP contribution < -0.4 is 21.3 Å². The van der Waals surface area contributed by atoms with E-state index in [9.17, 15) is 18.0 Å². The number of aliphatic imine (C=N–C) groups is 1. The number of benzene rings is 1. The molecule has 7 nitrogen and oxygen atoms in total. The van der Waals surface area contributed by atoms with Crippen LogP contribution in [0.25, 0.3) is 0 Å². The molecule has 28 heavy (non-hydrogen) atoms. The van der Waals surface area contributed by atoms with E-state index in [1.807, 2.05) is 6.92 Å². The van der Waals surface area contributed by atoms with Gasteiger partial charge < -0.3 is 21.3 Å². The smallest absolute Gasteiger partial charge is 0.375 e. The van der Waals surface area contributed by atoms with Crippen molar-refractivity contribution in [2.24, 2.45) is 4.99 Å². The first-order valence-corrected chi connectivity index (χ1v) is 8.62. The highest BCUT2D eigenvalue weighted by molar-refractivity contribution is 6.02. The van der Waals surface area contributed by atoms with Gasteiger partial charge in [-0.1, -0.05) is 13.0 Å². The summed E-state index contributed by atoms with van der Waals surface area (Å²) in [6, 6.07) is 8.25. The summed E-state index contributed by atoms with van der Waals surface area (Å²) in [5.74, 6) is 0.856. The molecule has 1 aliphatic heterocycles. The second-order valence-electron chi connectivity index (χ2n) is 6.01. The van der Waals surface area contributed by atoms with Crippen molar-refractivity contribution in [1.29, 1.82) is 0 Å². The van der Waals surface area contributed by atoms with Gasteiger partial charge in [0.2, 0.25) is 5.91 Å². The molecule has 0 bridgehead atoms. The quantitative estimate of drug-likeness (QED) is 0.627. The summed E-state index contributed by atoms with van der Waals surface area (Å²) in [6.07, 6.45) is -4.42. The van der Waals surface area contributed by atoms with Crippen molar-refractivity contribution >= 4 is 34.8 Å². The molecule has 1 amide bonds. The van der Waals surface area contributed by atoms with Crippen LogP contribution in [0.5, 0.6) is 0 Å². The van der Waals surface area contributed by atoms with Crippen LogP contribution in [0, 0.1) is 0 Å². The summed E-state index contributed by atoms with van der Waals surface area (Å²) in [6.45, 7) is 3.03. The average molecular weight is 392 g/mol. The Balaban J connectivity index is 1.75. The Morgan fingerprint density at radius 3 is 2.82 bits per heavy atom. The molecule has 1 aromatic carbocycles. The molecular formula is C18H19F3N6O. The molecule has 0 fully saturated rings. The minimum atomic E-state index is -4.42. The lowest BCUT2D eigenvalue weighted by molar-refractivity contribution is -0.137. The number of likely N-dealkylation sites (N-methyl/N-ethyl adjacent to an activating group) is 1. The number of pyridine rings is 1. The highest BCUT2D eigenvalue weighted by Crippen LogP contribution is 2.31. The van der Waals surface area contributed by atoms with Crippen LogP contribution in [0.1, 0.15) is 12.5 Å². The number of carbonyl (C=O) groups is 1. The molecule has 1 aromatic heterocycles. The lowest BCUT2D eigenvalue weighted by atomic mass is 10.2. The maximum atomic E-state index is 12.9. The molecule has 10 heteroatoms. The summed E-state index contributed by atoms with van der Waals surface area (Å²) in [7, 11) is 0. The molecule has 0 spiro atoms. The van der Waals surface area contributed by atoms with Gasteiger partial charge in [-0.15, -0.1) is 0 Å². The van der Waals surface area contributed by atoms with Crippen molar-refractivity contribution in [3.63, 3.8) is 0 Å². The van der Waals surface area contributed by atoms with Crippen LogP contribution in [0.3, 0.4) is 0 Å². The number of hydrogen-bond donors (Lipinski definition) is 4. The number of aromatic nitrogens is 1. The first kappa shape index (κ1) is 19.6. The Hall–Kier alpha value is -3.14. The fourth-order valence-electron chi connectivity index (χ4n) is 2.53. The zero-order chi connectivity index (χ0) is 20.1. The minimum Gasteiger partial charge on any atom is -0.375 e. The lowest BCUT2D eigenvalue weighted by Crippen LogP contribution is -2.28. The van der Waals surface area contributed by atoms with E-state index in [1.54, 1.807) is 12.1 Å². The molecule has 1 aliphatic rings. The SMILES string of the molecule is CCNCC(=O)Nc1ccc2c(n1)N=C(Nc1cccc(C(F)(F)F)c1)CN2. The Morgan fingerprint density at radius 2 is 2.07 bits per heavy atom. The summed E-state index contributed by atoms with van der Waals surface area (Å²) in [5.41, 5.74) is 0.194. The summed E-state index contributed by atoms with van der Waals surface area (Å²) in [5, 5.41) is 11.5. The molecule has 0 saturated heterocycles. The third-order valence-electron chi connectivity index (χ3n) is 3.84. The van der Waals surface area contributed by atoms with E-state index in [4.69, 9.17) is 0 Å². The van der Waals surface area contributed by atoms with Gasteiger partial charge in [-0.05, 0) is 36.9 Å². The number of nitrogens with one attached hydrogen (secondary N) is 4. The maximum Gasteiger partial charge on any atom is 0.416 e. The van der Waals surface area contributed by atoms with E-state index in [0.717, 1.165) is 12.1 Å². The van der Waals surface area contributed by atoms with Crippen LogP contribution >= 0.6 is 0 Å². The normalized spacial score (nSPS) is 13.2. The average Bonchev–Trinajstić information content (AvgIpc) is 2.65. The number of halogens is 3. The van der Waals surface area contributed by atoms with Gasteiger partial charge in [0.05, 0.1) is 24.3 Å². The van der Waals surface area contributed by atoms with E-state index in [1.165, 1.54) is 12.1 Å². The molecule has 2 aromatic rings. The number of fused-ring (bicyclic) bond motifs is 1. The molecule has 4 N–H and O–H groups in total. The van der Waals surface area contributed by atoms with Crippen LogP contribution in [0.2, 0.25) is 0 Å². The molecule has 0 atom stereocenters. The number of nitrogens with zero attached hydrogens (tertiary/aromatic N) is 2. The first-order chi connectivity index (χ1) is 13.3. The highest BCUT2D eigenvalue weighted by Gasteiger charge is 2.30. The van der Waals surface area contributed by atoms with Gasteiger partial charge in [0.25, 0.3) is 0 Å². The van der Waals surface area contributed by atoms with Crippen LogP contribution in [-0.2, 0) is 11.0 Å². The minimum absolute atomic E-state index is 0.166. The van der Waals surface area contributed by atoms with Gasteiger partial charge in [0.15, 0.2) is 5.82 Å². The zero-order valence-corrected chi connectivity index (χ0v) is 15.0. The van der Waals surface area contributed by atoms with Crippen LogP contribution in [0.4, 0.5) is 36.2 Å². The summed E-state index contributed by atoms with van der Waals surface area (Å²) in [4.78, 5) is 20.4. The van der Waals surface area contributed by atoms with E-state index in [-0.39, 0.29) is 18.1 Å². The summed E-state index contributed by atoms with van der Waals surface area (Å²) >= 11 is 0. The molecule has 148 valence electrons. The van der Waals surface area contributed by atoms with Gasteiger partial charge in [0.1, 0.15) is 11.7 Å². The fourth-order valence-corrected chi connectivity index (χ4v) is 2.53. The second-order valence-corrected chi connectivity index (χ2v) is 6.01. The summed E-state index contributed by atoms with van der Waals surface area (Å²) < 4.78 is 38.6.